The summed E-state index contributed by atoms with van der Waals surface area (Å²) in [7, 11) is 0.420. The van der Waals surface area contributed by atoms with Gasteiger partial charge in [0.1, 0.15) is 12.3 Å². The van der Waals surface area contributed by atoms with Gasteiger partial charge < -0.3 is 9.72 Å². The standard InChI is InChI=1S/C26H33N3O4S/c1-29(2)16-25(30)33-17-19-12-21-14-24(28-26(21)27-15-19)23(13-18-6-4-5-7-18)20-8-10-22(11-9-20)34(3,31)32/h8-12,14-15,18,23H,4-7,13,16-17H2,1-3H3,(H,27,28). The van der Waals surface area contributed by atoms with Gasteiger partial charge in [-0.15, -0.1) is 0 Å². The molecule has 0 spiro atoms. The molecule has 0 bridgehead atoms. The summed E-state index contributed by atoms with van der Waals surface area (Å²) in [6.45, 7) is 0.430. The highest BCUT2D eigenvalue weighted by Crippen LogP contribution is 2.38. The molecule has 0 aliphatic heterocycles. The van der Waals surface area contributed by atoms with Gasteiger partial charge in [-0.2, -0.15) is 0 Å². The van der Waals surface area contributed by atoms with Crippen LogP contribution in [0.5, 0.6) is 0 Å². The number of ether oxygens (including phenoxy) is 1. The van der Waals surface area contributed by atoms with Gasteiger partial charge in [-0.25, -0.2) is 13.4 Å². The van der Waals surface area contributed by atoms with E-state index in [1.165, 1.54) is 31.9 Å². The first kappa shape index (κ1) is 24.4. The normalized spacial score (nSPS) is 15.8. The fourth-order valence-electron chi connectivity index (χ4n) is 4.79. The quantitative estimate of drug-likeness (QED) is 0.457. The zero-order chi connectivity index (χ0) is 24.3. The monoisotopic (exact) mass is 483 g/mol. The molecular formula is C26H33N3O4S. The highest BCUT2D eigenvalue weighted by Gasteiger charge is 2.24. The van der Waals surface area contributed by atoms with E-state index in [2.05, 4.69) is 16.0 Å². The highest BCUT2D eigenvalue weighted by atomic mass is 32.2. The number of sulfone groups is 1. The van der Waals surface area contributed by atoms with Crippen LogP contribution in [0.25, 0.3) is 11.0 Å². The van der Waals surface area contributed by atoms with Gasteiger partial charge in [0.05, 0.1) is 11.4 Å². The third kappa shape index (κ3) is 6.04. The van der Waals surface area contributed by atoms with Crippen LogP contribution in [-0.2, 0) is 26.0 Å². The van der Waals surface area contributed by atoms with Crippen molar-refractivity contribution in [2.45, 2.75) is 49.5 Å². The van der Waals surface area contributed by atoms with E-state index in [4.69, 9.17) is 4.74 Å². The molecule has 182 valence electrons. The average molecular weight is 484 g/mol. The SMILES string of the molecule is CN(C)CC(=O)OCc1cnc2[nH]c(C(CC3CCCC3)c3ccc(S(C)(=O)=O)cc3)cc2c1. The van der Waals surface area contributed by atoms with Crippen molar-refractivity contribution >= 4 is 26.8 Å². The van der Waals surface area contributed by atoms with Gasteiger partial charge in [-0.3, -0.25) is 9.69 Å². The van der Waals surface area contributed by atoms with E-state index in [9.17, 15) is 13.2 Å². The van der Waals surface area contributed by atoms with Gasteiger partial charge in [0.15, 0.2) is 9.84 Å². The lowest BCUT2D eigenvalue weighted by Gasteiger charge is -2.20. The number of aromatic nitrogens is 2. The number of benzene rings is 1. The maximum Gasteiger partial charge on any atom is 0.320 e. The van der Waals surface area contributed by atoms with Gasteiger partial charge in [0.2, 0.25) is 0 Å². The Hall–Kier alpha value is -2.71. The second kappa shape index (κ2) is 10.3. The molecule has 1 aliphatic carbocycles. The largest absolute Gasteiger partial charge is 0.460 e. The smallest absolute Gasteiger partial charge is 0.320 e. The summed E-state index contributed by atoms with van der Waals surface area (Å²) in [5.74, 6) is 0.520. The van der Waals surface area contributed by atoms with Crippen LogP contribution in [0.4, 0.5) is 0 Å². The number of hydrogen-bond acceptors (Lipinski definition) is 6. The third-order valence-electron chi connectivity index (χ3n) is 6.52. The van der Waals surface area contributed by atoms with Crippen molar-refractivity contribution in [1.82, 2.24) is 14.9 Å². The maximum atomic E-state index is 11.9. The summed E-state index contributed by atoms with van der Waals surface area (Å²) in [6, 6.07) is 11.4. The molecule has 1 fully saturated rings. The number of carbonyl (C=O) groups excluding carboxylic acids is 1. The number of rotatable bonds is 9. The minimum atomic E-state index is -3.23. The van der Waals surface area contributed by atoms with E-state index in [0.717, 1.165) is 34.3 Å². The van der Waals surface area contributed by atoms with E-state index in [1.807, 2.05) is 32.3 Å². The van der Waals surface area contributed by atoms with Crippen LogP contribution in [0.2, 0.25) is 0 Å². The molecule has 1 unspecified atom stereocenters. The molecule has 0 radical (unpaired) electrons. The molecule has 1 atom stereocenters. The molecule has 7 nitrogen and oxygen atoms in total. The number of carbonyl (C=O) groups is 1. The number of nitrogens with one attached hydrogen (secondary N) is 1. The van der Waals surface area contributed by atoms with Crippen LogP contribution >= 0.6 is 0 Å². The molecule has 0 saturated heterocycles. The zero-order valence-corrected chi connectivity index (χ0v) is 20.9. The highest BCUT2D eigenvalue weighted by molar-refractivity contribution is 7.90. The van der Waals surface area contributed by atoms with Crippen LogP contribution in [0.15, 0.2) is 47.5 Å². The Morgan fingerprint density at radius 2 is 1.88 bits per heavy atom. The minimum Gasteiger partial charge on any atom is -0.460 e. The van der Waals surface area contributed by atoms with Crippen LogP contribution < -0.4 is 0 Å². The number of nitrogens with zero attached hydrogens (tertiary/aromatic N) is 2. The van der Waals surface area contributed by atoms with E-state index in [0.29, 0.717) is 10.8 Å². The number of pyridine rings is 1. The Morgan fingerprint density at radius 1 is 1.18 bits per heavy atom. The average Bonchev–Trinajstić information content (AvgIpc) is 3.44. The Balaban J connectivity index is 1.59. The second-order valence-corrected chi connectivity index (χ2v) is 11.7. The zero-order valence-electron chi connectivity index (χ0n) is 20.1. The first-order valence-corrected chi connectivity index (χ1v) is 13.7. The molecule has 1 aliphatic rings. The molecule has 34 heavy (non-hydrogen) atoms. The summed E-state index contributed by atoms with van der Waals surface area (Å²) in [5.41, 5.74) is 3.81. The molecule has 1 N–H and O–H groups in total. The van der Waals surface area contributed by atoms with Crippen molar-refractivity contribution in [2.75, 3.05) is 26.9 Å². The minimum absolute atomic E-state index is 0.132. The number of esters is 1. The summed E-state index contributed by atoms with van der Waals surface area (Å²) in [5, 5.41) is 0.973. The maximum absolute atomic E-state index is 11.9. The van der Waals surface area contributed by atoms with Crippen molar-refractivity contribution in [3.8, 4) is 0 Å². The molecule has 0 amide bonds. The molecule has 1 saturated carbocycles. The molecular weight excluding hydrogens is 450 g/mol. The van der Waals surface area contributed by atoms with Gasteiger partial charge in [-0.05, 0) is 56.3 Å². The van der Waals surface area contributed by atoms with Gasteiger partial charge in [0, 0.05) is 35.0 Å². The fourth-order valence-corrected chi connectivity index (χ4v) is 5.42. The molecule has 3 aromatic rings. The molecule has 4 rings (SSSR count). The number of aromatic amines is 1. The Bertz CT molecular complexity index is 1240. The van der Waals surface area contributed by atoms with Crippen LogP contribution in [0.1, 0.15) is 54.8 Å². The van der Waals surface area contributed by atoms with Crippen molar-refractivity contribution in [3.05, 3.63) is 59.4 Å². The lowest BCUT2D eigenvalue weighted by molar-refractivity contribution is -0.145. The third-order valence-corrected chi connectivity index (χ3v) is 7.65. The van der Waals surface area contributed by atoms with Crippen molar-refractivity contribution in [1.29, 1.82) is 0 Å². The van der Waals surface area contributed by atoms with Crippen LogP contribution in [-0.4, -0.2) is 56.2 Å². The number of likely N-dealkylation sites (N-methyl/N-ethyl adjacent to an activating group) is 1. The van der Waals surface area contributed by atoms with E-state index >= 15 is 0 Å². The van der Waals surface area contributed by atoms with Gasteiger partial charge in [-0.1, -0.05) is 37.8 Å². The number of fused-ring (bicyclic) bond motifs is 1. The van der Waals surface area contributed by atoms with E-state index in [-0.39, 0.29) is 25.0 Å². The summed E-state index contributed by atoms with van der Waals surface area (Å²) in [6.07, 6.45) is 9.00. The predicted octanol–water partition coefficient (Wildman–Crippen LogP) is 4.28. The fraction of sp³-hybridized carbons (Fsp3) is 0.462. The molecule has 8 heteroatoms. The van der Waals surface area contributed by atoms with Crippen molar-refractivity contribution < 1.29 is 17.9 Å². The second-order valence-electron chi connectivity index (χ2n) is 9.68. The van der Waals surface area contributed by atoms with E-state index in [1.54, 1.807) is 23.2 Å². The summed E-state index contributed by atoms with van der Waals surface area (Å²) >= 11 is 0. The first-order valence-electron chi connectivity index (χ1n) is 11.8. The molecule has 1 aromatic carbocycles. The van der Waals surface area contributed by atoms with E-state index < -0.39 is 9.84 Å². The lowest BCUT2D eigenvalue weighted by Crippen LogP contribution is -2.23. The predicted molar refractivity (Wildman–Crippen MR) is 132 cm³/mol. The lowest BCUT2D eigenvalue weighted by atomic mass is 9.85. The van der Waals surface area contributed by atoms with Crippen molar-refractivity contribution in [2.24, 2.45) is 5.92 Å². The number of H-pyrrole nitrogens is 1. The summed E-state index contributed by atoms with van der Waals surface area (Å²) < 4.78 is 29.2. The van der Waals surface area contributed by atoms with Crippen LogP contribution in [0.3, 0.4) is 0 Å². The Labute approximate surface area is 201 Å². The molecule has 2 heterocycles. The van der Waals surface area contributed by atoms with Gasteiger partial charge in [0.25, 0.3) is 0 Å². The van der Waals surface area contributed by atoms with Crippen molar-refractivity contribution in [3.63, 3.8) is 0 Å². The number of hydrogen-bond donors (Lipinski definition) is 1. The topological polar surface area (TPSA) is 92.4 Å². The summed E-state index contributed by atoms with van der Waals surface area (Å²) in [4.78, 5) is 22.0. The Morgan fingerprint density at radius 3 is 2.53 bits per heavy atom. The Kier molecular flexibility index (Phi) is 7.38. The van der Waals surface area contributed by atoms with Gasteiger partial charge >= 0.3 is 5.97 Å². The first-order chi connectivity index (χ1) is 16.2. The van der Waals surface area contributed by atoms with Crippen LogP contribution in [0, 0.1) is 5.92 Å². The molecule has 2 aromatic heterocycles.